The van der Waals surface area contributed by atoms with Crippen LogP contribution in [0.3, 0.4) is 0 Å². The monoisotopic (exact) mass is 449 g/mol. The van der Waals surface area contributed by atoms with E-state index in [0.717, 1.165) is 10.8 Å². The van der Waals surface area contributed by atoms with Gasteiger partial charge in [-0.3, -0.25) is 14.9 Å². The molecule has 4 aromatic rings. The molecule has 0 saturated heterocycles. The average Bonchev–Trinajstić information content (AvgIpc) is 3.26. The highest BCUT2D eigenvalue weighted by Crippen LogP contribution is 2.32. The van der Waals surface area contributed by atoms with Gasteiger partial charge in [0.2, 0.25) is 0 Å². The second-order valence-electron chi connectivity index (χ2n) is 6.72. The van der Waals surface area contributed by atoms with E-state index in [0.29, 0.717) is 28.4 Å². The van der Waals surface area contributed by atoms with E-state index in [4.69, 9.17) is 20.8 Å². The molecule has 160 valence electrons. The maximum Gasteiger partial charge on any atom is 0.275 e. The van der Waals surface area contributed by atoms with Crippen molar-refractivity contribution in [2.75, 3.05) is 7.11 Å². The number of fused-ring (bicyclic) bond motifs is 1. The number of non-ortho nitro benzene ring substituents is 1. The van der Waals surface area contributed by atoms with Gasteiger partial charge in [-0.15, -0.1) is 0 Å². The first-order valence-electron chi connectivity index (χ1n) is 9.40. The molecule has 0 saturated carbocycles. The van der Waals surface area contributed by atoms with Crippen LogP contribution in [0.5, 0.6) is 5.75 Å². The van der Waals surface area contributed by atoms with E-state index in [9.17, 15) is 14.9 Å². The number of hydrogen-bond acceptors (Lipinski definition) is 6. The van der Waals surface area contributed by atoms with E-state index in [1.54, 1.807) is 24.3 Å². The summed E-state index contributed by atoms with van der Waals surface area (Å²) in [5.74, 6) is 0.771. The number of hydrogen-bond donors (Lipinski definition) is 1. The van der Waals surface area contributed by atoms with Crippen molar-refractivity contribution in [2.45, 2.75) is 0 Å². The predicted octanol–water partition coefficient (Wildman–Crippen LogP) is 5.43. The van der Waals surface area contributed by atoms with Crippen molar-refractivity contribution in [1.82, 2.24) is 5.43 Å². The van der Waals surface area contributed by atoms with Crippen molar-refractivity contribution < 1.29 is 18.9 Å². The molecule has 0 bridgehead atoms. The van der Waals surface area contributed by atoms with Gasteiger partial charge in [-0.05, 0) is 41.1 Å². The highest BCUT2D eigenvalue weighted by Gasteiger charge is 2.15. The van der Waals surface area contributed by atoms with E-state index in [-0.39, 0.29) is 10.7 Å². The number of rotatable bonds is 6. The Kier molecular flexibility index (Phi) is 5.87. The van der Waals surface area contributed by atoms with Crippen LogP contribution >= 0.6 is 11.6 Å². The summed E-state index contributed by atoms with van der Waals surface area (Å²) in [4.78, 5) is 22.9. The molecule has 1 heterocycles. The fourth-order valence-electron chi connectivity index (χ4n) is 3.16. The van der Waals surface area contributed by atoms with Gasteiger partial charge in [0.05, 0.1) is 28.8 Å². The molecular weight excluding hydrogens is 434 g/mol. The number of carbonyl (C=O) groups is 1. The lowest BCUT2D eigenvalue weighted by molar-refractivity contribution is -0.384. The molecule has 1 aromatic heterocycles. The van der Waals surface area contributed by atoms with Crippen LogP contribution in [0, 0.1) is 10.1 Å². The summed E-state index contributed by atoms with van der Waals surface area (Å²) in [6.07, 6.45) is 1.34. The second kappa shape index (κ2) is 8.91. The Hall–Kier alpha value is -4.17. The number of nitrogens with zero attached hydrogens (tertiary/aromatic N) is 2. The van der Waals surface area contributed by atoms with Crippen molar-refractivity contribution in [2.24, 2.45) is 5.10 Å². The molecule has 1 amide bonds. The van der Waals surface area contributed by atoms with Gasteiger partial charge >= 0.3 is 0 Å². The number of benzene rings is 3. The van der Waals surface area contributed by atoms with Crippen LogP contribution in [0.1, 0.15) is 16.1 Å². The zero-order valence-corrected chi connectivity index (χ0v) is 17.5. The molecule has 9 heteroatoms. The van der Waals surface area contributed by atoms with E-state index < -0.39 is 10.8 Å². The Bertz CT molecular complexity index is 1360. The second-order valence-corrected chi connectivity index (χ2v) is 7.13. The van der Waals surface area contributed by atoms with Crippen molar-refractivity contribution in [3.05, 3.63) is 93.2 Å². The molecule has 32 heavy (non-hydrogen) atoms. The van der Waals surface area contributed by atoms with Gasteiger partial charge < -0.3 is 9.15 Å². The molecule has 0 aliphatic rings. The Balaban J connectivity index is 1.50. The van der Waals surface area contributed by atoms with Crippen LogP contribution in [-0.4, -0.2) is 24.2 Å². The first-order chi connectivity index (χ1) is 15.5. The Labute approximate surface area is 187 Å². The third kappa shape index (κ3) is 4.30. The predicted molar refractivity (Wildman–Crippen MR) is 121 cm³/mol. The molecule has 0 aliphatic carbocycles. The molecular formula is C23H16ClN3O5. The molecule has 0 spiro atoms. The summed E-state index contributed by atoms with van der Waals surface area (Å²) in [7, 11) is 1.50. The normalized spacial score (nSPS) is 11.1. The number of nitro benzene ring substituents is 1. The van der Waals surface area contributed by atoms with Gasteiger partial charge in [-0.2, -0.15) is 5.10 Å². The molecule has 0 aliphatic heterocycles. The number of methoxy groups -OCH3 is 1. The zero-order valence-electron chi connectivity index (χ0n) is 16.7. The number of amides is 1. The summed E-state index contributed by atoms with van der Waals surface area (Å²) in [5.41, 5.74) is 3.19. The summed E-state index contributed by atoms with van der Waals surface area (Å²) in [6, 6.07) is 18.6. The Morgan fingerprint density at radius 2 is 1.88 bits per heavy atom. The third-order valence-electron chi connectivity index (χ3n) is 4.73. The molecule has 4 rings (SSSR count). The number of furan rings is 1. The van der Waals surface area contributed by atoms with E-state index >= 15 is 0 Å². The van der Waals surface area contributed by atoms with E-state index in [2.05, 4.69) is 10.5 Å². The lowest BCUT2D eigenvalue weighted by Crippen LogP contribution is -2.18. The van der Waals surface area contributed by atoms with Crippen LogP contribution < -0.4 is 10.2 Å². The van der Waals surface area contributed by atoms with Crippen molar-refractivity contribution in [3.63, 3.8) is 0 Å². The molecule has 0 fully saturated rings. The van der Waals surface area contributed by atoms with E-state index in [1.807, 2.05) is 24.3 Å². The maximum atomic E-state index is 12.6. The highest BCUT2D eigenvalue weighted by molar-refractivity contribution is 6.33. The summed E-state index contributed by atoms with van der Waals surface area (Å²) in [5, 5.41) is 16.8. The quantitative estimate of drug-likeness (QED) is 0.240. The Morgan fingerprint density at radius 1 is 1.12 bits per heavy atom. The minimum atomic E-state index is -0.525. The SMILES string of the molecule is COc1cc2ccccc2cc1C(=O)N/N=C\c1ccc(-c2ccc([N+](=O)[O-])cc2Cl)o1. The Morgan fingerprint density at radius 3 is 2.56 bits per heavy atom. The molecule has 0 radical (unpaired) electrons. The number of halogens is 1. The zero-order chi connectivity index (χ0) is 22.7. The lowest BCUT2D eigenvalue weighted by atomic mass is 10.1. The highest BCUT2D eigenvalue weighted by atomic mass is 35.5. The van der Waals surface area contributed by atoms with Crippen LogP contribution in [-0.2, 0) is 0 Å². The molecule has 8 nitrogen and oxygen atoms in total. The standard InChI is InChI=1S/C23H16ClN3O5/c1-31-22-11-15-5-3-2-4-14(15)10-19(22)23(28)26-25-13-17-7-9-21(32-17)18-8-6-16(27(29)30)12-20(18)24/h2-13H,1H3,(H,26,28)/b25-13-. The summed E-state index contributed by atoms with van der Waals surface area (Å²) >= 11 is 6.13. The van der Waals surface area contributed by atoms with Crippen LogP contribution in [0.25, 0.3) is 22.1 Å². The van der Waals surface area contributed by atoms with Gasteiger partial charge in [-0.1, -0.05) is 35.9 Å². The first kappa shape index (κ1) is 21.1. The maximum absolute atomic E-state index is 12.6. The number of hydrazone groups is 1. The summed E-state index contributed by atoms with van der Waals surface area (Å²) in [6.45, 7) is 0. The number of carbonyl (C=O) groups excluding carboxylic acids is 1. The van der Waals surface area contributed by atoms with Gasteiger partial charge in [0.25, 0.3) is 11.6 Å². The van der Waals surface area contributed by atoms with Crippen molar-refractivity contribution >= 4 is 40.2 Å². The first-order valence-corrected chi connectivity index (χ1v) is 9.78. The topological polar surface area (TPSA) is 107 Å². The fourth-order valence-corrected chi connectivity index (χ4v) is 3.43. The average molecular weight is 450 g/mol. The molecule has 0 atom stereocenters. The smallest absolute Gasteiger partial charge is 0.275 e. The van der Waals surface area contributed by atoms with Gasteiger partial charge in [0.1, 0.15) is 17.3 Å². The molecule has 1 N–H and O–H groups in total. The van der Waals surface area contributed by atoms with Crippen LogP contribution in [0.15, 0.2) is 76.2 Å². The van der Waals surface area contributed by atoms with E-state index in [1.165, 1.54) is 31.5 Å². The number of nitrogens with one attached hydrogen (secondary N) is 1. The number of nitro groups is 1. The van der Waals surface area contributed by atoms with Gasteiger partial charge in [0, 0.05) is 17.7 Å². The molecule has 0 unspecified atom stereocenters. The minimum absolute atomic E-state index is 0.112. The lowest BCUT2D eigenvalue weighted by Gasteiger charge is -2.09. The summed E-state index contributed by atoms with van der Waals surface area (Å²) < 4.78 is 11.0. The van der Waals surface area contributed by atoms with Gasteiger partial charge in [-0.25, -0.2) is 5.43 Å². The van der Waals surface area contributed by atoms with Crippen molar-refractivity contribution in [1.29, 1.82) is 0 Å². The fraction of sp³-hybridized carbons (Fsp3) is 0.0435. The van der Waals surface area contributed by atoms with Crippen LogP contribution in [0.4, 0.5) is 5.69 Å². The largest absolute Gasteiger partial charge is 0.496 e. The number of ether oxygens (including phenoxy) is 1. The van der Waals surface area contributed by atoms with Crippen LogP contribution in [0.2, 0.25) is 5.02 Å². The minimum Gasteiger partial charge on any atom is -0.496 e. The third-order valence-corrected chi connectivity index (χ3v) is 5.04. The van der Waals surface area contributed by atoms with Gasteiger partial charge in [0.15, 0.2) is 0 Å². The molecule has 3 aromatic carbocycles. The van der Waals surface area contributed by atoms with Crippen molar-refractivity contribution in [3.8, 4) is 17.1 Å².